The molecular weight excluding hydrogens is 248 g/mol. The zero-order chi connectivity index (χ0) is 14.6. The van der Waals surface area contributed by atoms with Crippen molar-refractivity contribution in [1.82, 2.24) is 0 Å². The first-order chi connectivity index (χ1) is 8.42. The van der Waals surface area contributed by atoms with Crippen LogP contribution in [-0.4, -0.2) is 71.0 Å². The number of aliphatic hydroxyl groups excluding tert-OH is 3. The lowest BCUT2D eigenvalue weighted by molar-refractivity contribution is -0.170. The Labute approximate surface area is 105 Å². The number of carbonyl (C=O) groups is 2. The number of aliphatic hydroxyl groups is 3. The molecule has 4 N–H and O–H groups in total. The first kappa shape index (κ1) is 19.1. The number of hydrogen-bond acceptors (Lipinski definition) is 7. The summed E-state index contributed by atoms with van der Waals surface area (Å²) >= 11 is 0. The molecule has 0 aromatic rings. The van der Waals surface area contributed by atoms with E-state index in [1.54, 1.807) is 0 Å². The molecule has 0 aromatic carbocycles. The van der Waals surface area contributed by atoms with Crippen LogP contribution in [0.25, 0.3) is 0 Å². The summed E-state index contributed by atoms with van der Waals surface area (Å²) < 4.78 is 9.00. The van der Waals surface area contributed by atoms with E-state index in [4.69, 9.17) is 25.2 Å². The van der Waals surface area contributed by atoms with Crippen molar-refractivity contribution in [3.8, 4) is 0 Å². The number of hydrogen-bond donors (Lipinski definition) is 4. The molecule has 0 saturated heterocycles. The molecule has 18 heavy (non-hydrogen) atoms. The molecule has 0 heterocycles. The van der Waals surface area contributed by atoms with Crippen LogP contribution in [-0.2, 0) is 19.1 Å². The Morgan fingerprint density at radius 1 is 1.11 bits per heavy atom. The van der Waals surface area contributed by atoms with Crippen molar-refractivity contribution in [3.63, 3.8) is 0 Å². The Morgan fingerprint density at radius 2 is 1.61 bits per heavy atom. The molecule has 0 aliphatic rings. The number of ether oxygens (including phenoxy) is 2. The van der Waals surface area contributed by atoms with Crippen LogP contribution in [0.15, 0.2) is 0 Å². The predicted octanol–water partition coefficient (Wildman–Crippen LogP) is -1.63. The molecule has 0 aromatic heterocycles. The minimum absolute atomic E-state index is 0.359. The maximum absolute atomic E-state index is 10.6. The summed E-state index contributed by atoms with van der Waals surface area (Å²) in [6.45, 7) is 4.86. The number of carboxylic acid groups (broad SMARTS) is 1. The molecule has 0 fully saturated rings. The molecule has 0 aliphatic carbocycles. The van der Waals surface area contributed by atoms with Gasteiger partial charge in [0.15, 0.2) is 12.2 Å². The van der Waals surface area contributed by atoms with Gasteiger partial charge >= 0.3 is 11.9 Å². The Kier molecular flexibility index (Phi) is 13.0. The molecule has 0 spiro atoms. The molecule has 0 amide bonds. The van der Waals surface area contributed by atoms with Crippen molar-refractivity contribution < 1.29 is 39.5 Å². The summed E-state index contributed by atoms with van der Waals surface area (Å²) in [6, 6.07) is 0. The molecule has 108 valence electrons. The summed E-state index contributed by atoms with van der Waals surface area (Å²) in [5, 5.41) is 33.8. The predicted molar refractivity (Wildman–Crippen MR) is 59.9 cm³/mol. The van der Waals surface area contributed by atoms with E-state index in [1.807, 2.05) is 13.8 Å². The van der Waals surface area contributed by atoms with Gasteiger partial charge in [-0.3, -0.25) is 0 Å². The van der Waals surface area contributed by atoms with Crippen LogP contribution >= 0.6 is 0 Å². The van der Waals surface area contributed by atoms with Crippen LogP contribution in [0.4, 0.5) is 0 Å². The second-order valence-corrected chi connectivity index (χ2v) is 2.90. The Balaban J connectivity index is 0. The minimum atomic E-state index is -2.22. The van der Waals surface area contributed by atoms with Gasteiger partial charge in [0, 0.05) is 13.2 Å². The molecule has 0 radical (unpaired) electrons. The Hall–Kier alpha value is -1.22. The van der Waals surface area contributed by atoms with Gasteiger partial charge in [-0.2, -0.15) is 0 Å². The molecule has 0 saturated carbocycles. The van der Waals surface area contributed by atoms with Crippen molar-refractivity contribution >= 4 is 11.9 Å². The second-order valence-electron chi connectivity index (χ2n) is 2.90. The van der Waals surface area contributed by atoms with E-state index in [1.165, 1.54) is 0 Å². The Morgan fingerprint density at radius 3 is 1.89 bits per heavy atom. The fourth-order valence-corrected chi connectivity index (χ4v) is 0.700. The van der Waals surface area contributed by atoms with E-state index < -0.39 is 30.8 Å². The number of aliphatic carboxylic acids is 1. The van der Waals surface area contributed by atoms with E-state index in [0.29, 0.717) is 0 Å². The van der Waals surface area contributed by atoms with Gasteiger partial charge in [-0.25, -0.2) is 9.59 Å². The Bertz CT molecular complexity index is 228. The quantitative estimate of drug-likeness (QED) is 0.404. The van der Waals surface area contributed by atoms with Gasteiger partial charge in [0.05, 0.1) is 6.61 Å². The molecule has 8 heteroatoms. The molecule has 0 bridgehead atoms. The fraction of sp³-hybridized carbons (Fsp3) is 0.800. The van der Waals surface area contributed by atoms with E-state index in [2.05, 4.69) is 4.74 Å². The maximum atomic E-state index is 10.6. The molecule has 2 unspecified atom stereocenters. The SMILES string of the molecule is CCOCC.O=C(O)C(O)C(O)C(=O)OCCO. The largest absolute Gasteiger partial charge is 0.479 e. The van der Waals surface area contributed by atoms with Gasteiger partial charge in [0.25, 0.3) is 0 Å². The van der Waals surface area contributed by atoms with Crippen LogP contribution in [0.2, 0.25) is 0 Å². The monoisotopic (exact) mass is 268 g/mol. The summed E-state index contributed by atoms with van der Waals surface area (Å²) in [5.74, 6) is -3.02. The third kappa shape index (κ3) is 9.97. The van der Waals surface area contributed by atoms with E-state index in [9.17, 15) is 9.59 Å². The zero-order valence-corrected chi connectivity index (χ0v) is 10.4. The zero-order valence-electron chi connectivity index (χ0n) is 10.4. The normalized spacial score (nSPS) is 12.9. The van der Waals surface area contributed by atoms with Gasteiger partial charge < -0.3 is 29.9 Å². The fourth-order valence-electron chi connectivity index (χ4n) is 0.700. The second kappa shape index (κ2) is 12.2. The molecular formula is C10H20O8. The van der Waals surface area contributed by atoms with Gasteiger partial charge in [-0.15, -0.1) is 0 Å². The van der Waals surface area contributed by atoms with E-state index >= 15 is 0 Å². The standard InChI is InChI=1S/C6H10O7.C4H10O/c7-1-2-13-6(12)4(9)3(8)5(10)11;1-3-5-4-2/h3-4,7-9H,1-2H2,(H,10,11);3-4H2,1-2H3. The number of rotatable bonds is 7. The average molecular weight is 268 g/mol. The molecule has 2 atom stereocenters. The van der Waals surface area contributed by atoms with Crippen molar-refractivity contribution in [2.45, 2.75) is 26.1 Å². The van der Waals surface area contributed by atoms with Crippen LogP contribution < -0.4 is 0 Å². The van der Waals surface area contributed by atoms with Crippen molar-refractivity contribution in [3.05, 3.63) is 0 Å². The third-order valence-electron chi connectivity index (χ3n) is 1.54. The van der Waals surface area contributed by atoms with Crippen LogP contribution in [0.3, 0.4) is 0 Å². The molecule has 0 aliphatic heterocycles. The highest BCUT2D eigenvalue weighted by atomic mass is 16.6. The van der Waals surface area contributed by atoms with Crippen molar-refractivity contribution in [1.29, 1.82) is 0 Å². The summed E-state index contributed by atoms with van der Waals surface area (Å²) in [5.41, 5.74) is 0. The van der Waals surface area contributed by atoms with Gasteiger partial charge in [-0.05, 0) is 13.8 Å². The van der Waals surface area contributed by atoms with Crippen LogP contribution in [0.1, 0.15) is 13.8 Å². The van der Waals surface area contributed by atoms with Crippen molar-refractivity contribution in [2.24, 2.45) is 0 Å². The number of carbonyl (C=O) groups excluding carboxylic acids is 1. The highest BCUT2D eigenvalue weighted by Gasteiger charge is 2.31. The summed E-state index contributed by atoms with van der Waals surface area (Å²) in [6.07, 6.45) is -4.35. The highest BCUT2D eigenvalue weighted by Crippen LogP contribution is 1.96. The van der Waals surface area contributed by atoms with Gasteiger partial charge in [-0.1, -0.05) is 0 Å². The summed E-state index contributed by atoms with van der Waals surface area (Å²) in [7, 11) is 0. The van der Waals surface area contributed by atoms with E-state index in [-0.39, 0.29) is 6.61 Å². The topological polar surface area (TPSA) is 134 Å². The first-order valence-corrected chi connectivity index (χ1v) is 5.36. The minimum Gasteiger partial charge on any atom is -0.479 e. The lowest BCUT2D eigenvalue weighted by Crippen LogP contribution is -2.40. The van der Waals surface area contributed by atoms with Gasteiger partial charge in [0.1, 0.15) is 6.61 Å². The first-order valence-electron chi connectivity index (χ1n) is 5.36. The maximum Gasteiger partial charge on any atom is 0.338 e. The number of esters is 1. The molecule has 8 nitrogen and oxygen atoms in total. The smallest absolute Gasteiger partial charge is 0.338 e. The third-order valence-corrected chi connectivity index (χ3v) is 1.54. The highest BCUT2D eigenvalue weighted by molar-refractivity contribution is 5.84. The van der Waals surface area contributed by atoms with Gasteiger partial charge in [0.2, 0.25) is 0 Å². The molecule has 0 rings (SSSR count). The average Bonchev–Trinajstić information content (AvgIpc) is 2.35. The summed E-state index contributed by atoms with van der Waals surface area (Å²) in [4.78, 5) is 20.7. The number of carboxylic acids is 1. The van der Waals surface area contributed by atoms with Crippen LogP contribution in [0.5, 0.6) is 0 Å². The van der Waals surface area contributed by atoms with E-state index in [0.717, 1.165) is 13.2 Å². The van der Waals surface area contributed by atoms with Crippen molar-refractivity contribution in [2.75, 3.05) is 26.4 Å². The lowest BCUT2D eigenvalue weighted by atomic mass is 10.2. The van der Waals surface area contributed by atoms with Crippen LogP contribution in [0, 0.1) is 0 Å². The lowest BCUT2D eigenvalue weighted by Gasteiger charge is -2.12.